The van der Waals surface area contributed by atoms with E-state index in [1.807, 2.05) is 37.3 Å². The third-order valence-corrected chi connectivity index (χ3v) is 10.1. The third kappa shape index (κ3) is 9.06. The maximum atomic E-state index is 13.9. The summed E-state index contributed by atoms with van der Waals surface area (Å²) in [6, 6.07) is 9.09. The molecule has 0 bridgehead atoms. The topological polar surface area (TPSA) is 230 Å². The predicted octanol–water partition coefficient (Wildman–Crippen LogP) is 2.27. The number of ether oxygens (including phenoxy) is 2. The molecule has 2 unspecified atom stereocenters. The van der Waals surface area contributed by atoms with Gasteiger partial charge in [-0.3, -0.25) is 33.0 Å². The molecule has 0 saturated carbocycles. The van der Waals surface area contributed by atoms with Gasteiger partial charge >= 0.3 is 13.7 Å². The van der Waals surface area contributed by atoms with Crippen LogP contribution in [0.4, 0.5) is 5.95 Å². The molecule has 4 rings (SSSR count). The summed E-state index contributed by atoms with van der Waals surface area (Å²) in [6.07, 6.45) is -1.86. The minimum absolute atomic E-state index is 0.0261. The number of benzene rings is 1. The van der Waals surface area contributed by atoms with Crippen molar-refractivity contribution in [3.63, 3.8) is 0 Å². The molecule has 16 nitrogen and oxygen atoms in total. The predicted molar refractivity (Wildman–Crippen MR) is 173 cm³/mol. The molecule has 3 aromatic rings. The lowest BCUT2D eigenvalue weighted by atomic mass is 9.96. The number of esters is 1. The van der Waals surface area contributed by atoms with Gasteiger partial charge in [-0.05, 0) is 32.8 Å². The number of hydrogen-bond acceptors (Lipinski definition) is 14. The Morgan fingerprint density at radius 3 is 2.70 bits per heavy atom. The van der Waals surface area contributed by atoms with Gasteiger partial charge in [-0.1, -0.05) is 49.0 Å². The van der Waals surface area contributed by atoms with Crippen LogP contribution < -0.4 is 16.4 Å². The SMILES string of the molecule is CCCC(=O)OCC(C)(C)C(=O)SCCOP(=O)(NCc1ccccc1)OCC1O[C@@H](n2cnc3c(=O)[nH]c(N)nc32)[C@](C)(O)[C@@H]1O. The van der Waals surface area contributed by atoms with Crippen molar-refractivity contribution in [2.24, 2.45) is 5.41 Å². The van der Waals surface area contributed by atoms with E-state index < -0.39 is 49.4 Å². The Balaban J connectivity index is 1.41. The maximum Gasteiger partial charge on any atom is 0.405 e. The van der Waals surface area contributed by atoms with Gasteiger partial charge in [-0.2, -0.15) is 4.98 Å². The Hall–Kier alpha value is -3.15. The highest BCUT2D eigenvalue weighted by molar-refractivity contribution is 8.13. The number of nitrogens with one attached hydrogen (secondary N) is 2. The zero-order valence-corrected chi connectivity index (χ0v) is 28.3. The van der Waals surface area contributed by atoms with Crippen LogP contribution >= 0.6 is 19.5 Å². The molecular weight excluding hydrogens is 655 g/mol. The standard InChI is InChI=1S/C29H41N6O10PS/c1-5-9-20(36)42-16-28(2,3)26(39)47-13-12-43-46(41,32-14-18-10-7-6-8-11-18)44-15-19-22(37)29(4,40)25(45-19)35-17-31-21-23(35)33-27(30)34-24(21)38/h6-8,10-11,17,19,22,25,37,40H,5,9,12-16H2,1-4H3,(H,32,41)(H3,30,33,34,38)/t19?,22-,25-,29-,46?/m1/s1. The molecule has 2 aromatic heterocycles. The van der Waals surface area contributed by atoms with E-state index in [-0.39, 0.29) is 60.1 Å². The summed E-state index contributed by atoms with van der Waals surface area (Å²) in [5, 5.41) is 24.8. The second-order valence-corrected chi connectivity index (χ2v) is 14.7. The van der Waals surface area contributed by atoms with Gasteiger partial charge in [0.1, 0.15) is 24.4 Å². The van der Waals surface area contributed by atoms with E-state index >= 15 is 0 Å². The van der Waals surface area contributed by atoms with Crippen molar-refractivity contribution in [2.75, 3.05) is 31.3 Å². The molecule has 0 radical (unpaired) electrons. The van der Waals surface area contributed by atoms with Gasteiger partial charge in [-0.15, -0.1) is 0 Å². The summed E-state index contributed by atoms with van der Waals surface area (Å²) < 4.78 is 37.7. The molecule has 1 aliphatic rings. The number of imidazole rings is 1. The first-order valence-corrected chi connectivity index (χ1v) is 17.5. The van der Waals surface area contributed by atoms with Gasteiger partial charge in [0, 0.05) is 18.7 Å². The Morgan fingerprint density at radius 2 is 2.00 bits per heavy atom. The first-order valence-electron chi connectivity index (χ1n) is 15.0. The zero-order chi connectivity index (χ0) is 34.4. The lowest BCUT2D eigenvalue weighted by molar-refractivity contribution is -0.147. The summed E-state index contributed by atoms with van der Waals surface area (Å²) in [6.45, 7) is 5.94. The monoisotopic (exact) mass is 696 g/mol. The fourth-order valence-electron chi connectivity index (χ4n) is 4.66. The number of carbonyl (C=O) groups is 2. The summed E-state index contributed by atoms with van der Waals surface area (Å²) >= 11 is 0.943. The molecular formula is C29H41N6O10PS. The minimum Gasteiger partial charge on any atom is -0.465 e. The number of fused-ring (bicyclic) bond motifs is 1. The highest BCUT2D eigenvalue weighted by Gasteiger charge is 2.54. The lowest BCUT2D eigenvalue weighted by Crippen LogP contribution is -2.44. The maximum absolute atomic E-state index is 13.9. The second kappa shape index (κ2) is 15.4. The number of aliphatic hydroxyl groups excluding tert-OH is 1. The summed E-state index contributed by atoms with van der Waals surface area (Å²) in [5.41, 5.74) is 3.00. The van der Waals surface area contributed by atoms with Crippen LogP contribution in [0.1, 0.15) is 52.3 Å². The number of aromatic nitrogens is 4. The molecule has 6 N–H and O–H groups in total. The average Bonchev–Trinajstić information content (AvgIpc) is 3.54. The summed E-state index contributed by atoms with van der Waals surface area (Å²) in [5.74, 6) is -0.430. The lowest BCUT2D eigenvalue weighted by Gasteiger charge is -2.27. The zero-order valence-electron chi connectivity index (χ0n) is 26.6. The van der Waals surface area contributed by atoms with Gasteiger partial charge in [0.2, 0.25) is 5.95 Å². The molecule has 1 aromatic carbocycles. The van der Waals surface area contributed by atoms with E-state index in [1.54, 1.807) is 13.8 Å². The number of H-pyrrole nitrogens is 1. The third-order valence-electron chi connectivity index (χ3n) is 7.36. The fraction of sp³-hybridized carbons (Fsp3) is 0.552. The number of hydrogen-bond donors (Lipinski definition) is 5. The van der Waals surface area contributed by atoms with Crippen LogP contribution in [0.5, 0.6) is 0 Å². The summed E-state index contributed by atoms with van der Waals surface area (Å²) in [7, 11) is -4.08. The number of rotatable bonds is 16. The number of nitrogen functional groups attached to an aromatic ring is 1. The van der Waals surface area contributed by atoms with E-state index in [9.17, 15) is 29.2 Å². The van der Waals surface area contributed by atoms with Crippen molar-refractivity contribution in [1.29, 1.82) is 0 Å². The van der Waals surface area contributed by atoms with Gasteiger partial charge < -0.3 is 25.4 Å². The van der Waals surface area contributed by atoms with Crippen molar-refractivity contribution < 1.29 is 42.9 Å². The first-order chi connectivity index (χ1) is 22.2. The van der Waals surface area contributed by atoms with E-state index in [2.05, 4.69) is 20.0 Å². The number of nitrogens with two attached hydrogens (primary N) is 1. The second-order valence-electron chi connectivity index (χ2n) is 11.9. The number of anilines is 1. The first kappa shape index (κ1) is 36.7. The molecule has 0 spiro atoms. The van der Waals surface area contributed by atoms with Crippen LogP contribution in [0.2, 0.25) is 0 Å². The Bertz CT molecular complexity index is 1650. The van der Waals surface area contributed by atoms with Crippen molar-refractivity contribution in [3.05, 3.63) is 52.6 Å². The van der Waals surface area contributed by atoms with E-state index in [0.717, 1.165) is 17.3 Å². The Labute approximate surface area is 275 Å². The van der Waals surface area contributed by atoms with Gasteiger partial charge in [0.05, 0.1) is 25.0 Å². The van der Waals surface area contributed by atoms with Crippen LogP contribution in [-0.4, -0.2) is 84.2 Å². The van der Waals surface area contributed by atoms with Crippen LogP contribution in [0, 0.1) is 5.41 Å². The number of nitrogens with zero attached hydrogens (tertiary/aromatic N) is 3. The van der Waals surface area contributed by atoms with Crippen LogP contribution in [0.25, 0.3) is 11.2 Å². The minimum atomic E-state index is -4.08. The molecule has 18 heteroatoms. The van der Waals surface area contributed by atoms with Crippen molar-refractivity contribution >= 4 is 47.7 Å². The number of aliphatic hydroxyl groups is 2. The molecule has 0 amide bonds. The molecule has 1 saturated heterocycles. The van der Waals surface area contributed by atoms with E-state index in [0.29, 0.717) is 6.42 Å². The molecule has 1 aliphatic heterocycles. The van der Waals surface area contributed by atoms with Gasteiger partial charge in [0.25, 0.3) is 5.56 Å². The van der Waals surface area contributed by atoms with Gasteiger partial charge in [0.15, 0.2) is 22.5 Å². The summed E-state index contributed by atoms with van der Waals surface area (Å²) in [4.78, 5) is 47.2. The number of thioether (sulfide) groups is 1. The normalized spacial score (nSPS) is 22.7. The average molecular weight is 697 g/mol. The molecule has 0 aliphatic carbocycles. The molecule has 1 fully saturated rings. The van der Waals surface area contributed by atoms with E-state index in [4.69, 9.17) is 24.3 Å². The number of aromatic amines is 1. The molecule has 258 valence electrons. The highest BCUT2D eigenvalue weighted by Crippen LogP contribution is 2.47. The quantitative estimate of drug-likeness (QED) is 0.0822. The molecule has 5 atom stereocenters. The molecule has 3 heterocycles. The Morgan fingerprint density at radius 1 is 1.28 bits per heavy atom. The fourth-order valence-corrected chi connectivity index (χ4v) is 6.89. The largest absolute Gasteiger partial charge is 0.465 e. The van der Waals surface area contributed by atoms with Crippen molar-refractivity contribution in [2.45, 2.75) is 71.1 Å². The Kier molecular flexibility index (Phi) is 12.0. The van der Waals surface area contributed by atoms with Crippen LogP contribution in [0.15, 0.2) is 41.5 Å². The number of carbonyl (C=O) groups excluding carboxylic acids is 2. The highest BCUT2D eigenvalue weighted by atomic mass is 32.2. The van der Waals surface area contributed by atoms with Crippen LogP contribution in [0.3, 0.4) is 0 Å². The van der Waals surface area contributed by atoms with Gasteiger partial charge in [-0.25, -0.2) is 14.6 Å². The molecule has 47 heavy (non-hydrogen) atoms. The van der Waals surface area contributed by atoms with Crippen molar-refractivity contribution in [1.82, 2.24) is 24.6 Å². The van der Waals surface area contributed by atoms with Crippen LogP contribution in [-0.2, 0) is 39.2 Å². The van der Waals surface area contributed by atoms with E-state index in [1.165, 1.54) is 17.8 Å². The smallest absolute Gasteiger partial charge is 0.405 e. The van der Waals surface area contributed by atoms with Crippen molar-refractivity contribution in [3.8, 4) is 0 Å².